The molecule has 0 aliphatic rings. The van der Waals surface area contributed by atoms with Crippen molar-refractivity contribution in [3.8, 4) is 0 Å². The number of hydrogen-bond donors (Lipinski definition) is 1. The Balaban J connectivity index is 2.15. The van der Waals surface area contributed by atoms with E-state index in [0.29, 0.717) is 0 Å². The zero-order chi connectivity index (χ0) is 11.8. The van der Waals surface area contributed by atoms with Gasteiger partial charge in [-0.15, -0.1) is 0 Å². The third-order valence-corrected chi connectivity index (χ3v) is 2.92. The van der Waals surface area contributed by atoms with Gasteiger partial charge in [0.25, 0.3) is 0 Å². The highest BCUT2D eigenvalue weighted by molar-refractivity contribution is 5.14. The Bertz CT molecular complexity index is 273. The molecule has 2 unspecified atom stereocenters. The topological polar surface area (TPSA) is 35.2 Å². The van der Waals surface area contributed by atoms with Crippen molar-refractivity contribution in [1.82, 2.24) is 0 Å². The summed E-state index contributed by atoms with van der Waals surface area (Å²) in [5, 5.41) is 0. The minimum absolute atomic E-state index is 0.263. The smallest absolute Gasteiger partial charge is 0.0558 e. The van der Waals surface area contributed by atoms with Crippen molar-refractivity contribution in [1.29, 1.82) is 0 Å². The average Bonchev–Trinajstić information content (AvgIpc) is 2.30. The van der Waals surface area contributed by atoms with Gasteiger partial charge >= 0.3 is 0 Å². The number of benzene rings is 1. The van der Waals surface area contributed by atoms with Gasteiger partial charge in [-0.2, -0.15) is 0 Å². The third-order valence-electron chi connectivity index (χ3n) is 2.92. The van der Waals surface area contributed by atoms with Gasteiger partial charge in [-0.25, -0.2) is 0 Å². The van der Waals surface area contributed by atoms with Crippen LogP contribution in [0.3, 0.4) is 0 Å². The summed E-state index contributed by atoms with van der Waals surface area (Å²) in [5.74, 6) is 0. The van der Waals surface area contributed by atoms with Gasteiger partial charge in [0.15, 0.2) is 0 Å². The van der Waals surface area contributed by atoms with Crippen LogP contribution in [0.15, 0.2) is 30.3 Å². The molecule has 2 atom stereocenters. The summed E-state index contributed by atoms with van der Waals surface area (Å²) < 4.78 is 5.21. The molecule has 2 N–H and O–H groups in total. The molecule has 0 bridgehead atoms. The standard InChI is InChI=1S/C14H23NO/c1-12(16-2)11-14(15)10-6-9-13-7-4-3-5-8-13/h3-5,7-8,12,14H,6,9-11,15H2,1-2H3. The van der Waals surface area contributed by atoms with Gasteiger partial charge in [-0.1, -0.05) is 30.3 Å². The molecule has 0 aliphatic heterocycles. The molecular formula is C14H23NO. The number of hydrogen-bond acceptors (Lipinski definition) is 2. The van der Waals surface area contributed by atoms with Gasteiger partial charge in [-0.05, 0) is 38.2 Å². The van der Waals surface area contributed by atoms with Crippen LogP contribution in [-0.2, 0) is 11.2 Å². The van der Waals surface area contributed by atoms with Crippen LogP contribution < -0.4 is 5.73 Å². The van der Waals surface area contributed by atoms with E-state index in [-0.39, 0.29) is 12.1 Å². The summed E-state index contributed by atoms with van der Waals surface area (Å²) >= 11 is 0. The van der Waals surface area contributed by atoms with E-state index in [1.165, 1.54) is 5.56 Å². The Morgan fingerprint density at radius 3 is 2.56 bits per heavy atom. The van der Waals surface area contributed by atoms with Crippen LogP contribution >= 0.6 is 0 Å². The Labute approximate surface area is 98.8 Å². The fourth-order valence-electron chi connectivity index (χ4n) is 1.85. The van der Waals surface area contributed by atoms with E-state index >= 15 is 0 Å². The lowest BCUT2D eigenvalue weighted by Gasteiger charge is -2.15. The van der Waals surface area contributed by atoms with Crippen molar-refractivity contribution in [2.24, 2.45) is 5.73 Å². The number of aryl methyl sites for hydroxylation is 1. The molecule has 2 heteroatoms. The maximum Gasteiger partial charge on any atom is 0.0558 e. The summed E-state index contributed by atoms with van der Waals surface area (Å²) in [4.78, 5) is 0. The summed E-state index contributed by atoms with van der Waals surface area (Å²) in [5.41, 5.74) is 7.43. The van der Waals surface area contributed by atoms with Crippen LogP contribution in [0.1, 0.15) is 31.7 Å². The predicted molar refractivity (Wildman–Crippen MR) is 68.4 cm³/mol. The van der Waals surface area contributed by atoms with E-state index in [2.05, 4.69) is 37.3 Å². The van der Waals surface area contributed by atoms with E-state index in [4.69, 9.17) is 10.5 Å². The number of nitrogens with two attached hydrogens (primary N) is 1. The van der Waals surface area contributed by atoms with E-state index < -0.39 is 0 Å². The summed E-state index contributed by atoms with van der Waals surface area (Å²) in [6.07, 6.45) is 4.57. The Morgan fingerprint density at radius 1 is 1.25 bits per heavy atom. The van der Waals surface area contributed by atoms with Crippen molar-refractivity contribution in [2.45, 2.75) is 44.8 Å². The first-order valence-electron chi connectivity index (χ1n) is 6.04. The lowest BCUT2D eigenvalue weighted by molar-refractivity contribution is 0.103. The molecule has 90 valence electrons. The highest BCUT2D eigenvalue weighted by Gasteiger charge is 2.07. The van der Waals surface area contributed by atoms with Gasteiger partial charge in [0.05, 0.1) is 6.10 Å². The summed E-state index contributed by atoms with van der Waals surface area (Å²) in [7, 11) is 1.74. The third kappa shape index (κ3) is 5.29. The number of ether oxygens (including phenoxy) is 1. The molecule has 2 nitrogen and oxygen atoms in total. The van der Waals surface area contributed by atoms with Gasteiger partial charge in [0.2, 0.25) is 0 Å². The molecule has 0 aromatic heterocycles. The quantitative estimate of drug-likeness (QED) is 0.768. The van der Waals surface area contributed by atoms with Gasteiger partial charge in [-0.3, -0.25) is 0 Å². The largest absolute Gasteiger partial charge is 0.382 e. The zero-order valence-electron chi connectivity index (χ0n) is 10.4. The molecule has 0 spiro atoms. The second kappa shape index (κ2) is 7.42. The minimum atomic E-state index is 0.263. The van der Waals surface area contributed by atoms with Crippen LogP contribution in [-0.4, -0.2) is 19.3 Å². The minimum Gasteiger partial charge on any atom is -0.382 e. The van der Waals surface area contributed by atoms with Crippen molar-refractivity contribution in [3.05, 3.63) is 35.9 Å². The summed E-state index contributed by atoms with van der Waals surface area (Å²) in [6.45, 7) is 2.07. The zero-order valence-corrected chi connectivity index (χ0v) is 10.4. The molecule has 0 heterocycles. The maximum atomic E-state index is 6.03. The fraction of sp³-hybridized carbons (Fsp3) is 0.571. The van der Waals surface area contributed by atoms with Crippen LogP contribution in [0.2, 0.25) is 0 Å². The Hall–Kier alpha value is -0.860. The van der Waals surface area contributed by atoms with Crippen molar-refractivity contribution >= 4 is 0 Å². The first kappa shape index (κ1) is 13.2. The molecular weight excluding hydrogens is 198 g/mol. The molecule has 0 amide bonds. The lowest BCUT2D eigenvalue weighted by atomic mass is 10.0. The Kier molecular flexibility index (Phi) is 6.12. The number of rotatable bonds is 7. The van der Waals surface area contributed by atoms with Gasteiger partial charge < -0.3 is 10.5 Å². The normalized spacial score (nSPS) is 14.7. The molecule has 0 fully saturated rings. The molecule has 16 heavy (non-hydrogen) atoms. The van der Waals surface area contributed by atoms with Crippen LogP contribution in [0.25, 0.3) is 0 Å². The first-order valence-corrected chi connectivity index (χ1v) is 6.04. The van der Waals surface area contributed by atoms with Gasteiger partial charge in [0, 0.05) is 13.2 Å². The highest BCUT2D eigenvalue weighted by Crippen LogP contribution is 2.09. The molecule has 0 aliphatic carbocycles. The number of methoxy groups -OCH3 is 1. The fourth-order valence-corrected chi connectivity index (χ4v) is 1.85. The van der Waals surface area contributed by atoms with E-state index in [1.807, 2.05) is 0 Å². The second-order valence-electron chi connectivity index (χ2n) is 4.42. The molecule has 1 rings (SSSR count). The van der Waals surface area contributed by atoms with Crippen LogP contribution in [0.4, 0.5) is 0 Å². The van der Waals surface area contributed by atoms with E-state index in [0.717, 1.165) is 25.7 Å². The van der Waals surface area contributed by atoms with Crippen LogP contribution in [0.5, 0.6) is 0 Å². The van der Waals surface area contributed by atoms with Gasteiger partial charge in [0.1, 0.15) is 0 Å². The molecule has 1 aromatic carbocycles. The molecule has 0 saturated heterocycles. The summed E-state index contributed by atoms with van der Waals surface area (Å²) in [6, 6.07) is 10.8. The van der Waals surface area contributed by atoms with Crippen molar-refractivity contribution in [3.63, 3.8) is 0 Å². The monoisotopic (exact) mass is 221 g/mol. The lowest BCUT2D eigenvalue weighted by Crippen LogP contribution is -2.25. The van der Waals surface area contributed by atoms with Crippen molar-refractivity contribution in [2.75, 3.05) is 7.11 Å². The van der Waals surface area contributed by atoms with Crippen LogP contribution in [0, 0.1) is 0 Å². The van der Waals surface area contributed by atoms with E-state index in [1.54, 1.807) is 7.11 Å². The molecule has 0 saturated carbocycles. The molecule has 1 aromatic rings. The highest BCUT2D eigenvalue weighted by atomic mass is 16.5. The van der Waals surface area contributed by atoms with Crippen molar-refractivity contribution < 1.29 is 4.74 Å². The average molecular weight is 221 g/mol. The van der Waals surface area contributed by atoms with E-state index in [9.17, 15) is 0 Å². The first-order chi connectivity index (χ1) is 7.72. The molecule has 0 radical (unpaired) electrons. The second-order valence-corrected chi connectivity index (χ2v) is 4.42. The maximum absolute atomic E-state index is 6.03. The predicted octanol–water partition coefficient (Wildman–Crippen LogP) is 2.76. The SMILES string of the molecule is COC(C)CC(N)CCCc1ccccc1. The Morgan fingerprint density at radius 2 is 1.94 bits per heavy atom.